The molecule has 2 fully saturated rings. The average Bonchev–Trinajstić information content (AvgIpc) is 2.55. The highest BCUT2D eigenvalue weighted by Crippen LogP contribution is 2.23. The van der Waals surface area contributed by atoms with Crippen molar-refractivity contribution in [3.8, 4) is 0 Å². The minimum atomic E-state index is -3.02. The molecule has 148 valence electrons. The molecule has 0 unspecified atom stereocenters. The van der Waals surface area contributed by atoms with Crippen molar-refractivity contribution < 1.29 is 13.2 Å². The van der Waals surface area contributed by atoms with Crippen LogP contribution in [0.1, 0.15) is 26.7 Å². The van der Waals surface area contributed by atoms with Crippen LogP contribution in [-0.4, -0.2) is 94.2 Å². The molecule has 2 saturated heterocycles. The first-order valence-corrected chi connectivity index (χ1v) is 10.5. The Hall–Kier alpha value is -0.130. The summed E-state index contributed by atoms with van der Waals surface area (Å²) in [5.41, 5.74) is 0. The number of sulfone groups is 1. The van der Waals surface area contributed by atoms with Crippen molar-refractivity contribution in [1.82, 2.24) is 15.1 Å². The van der Waals surface area contributed by atoms with E-state index in [4.69, 9.17) is 4.74 Å². The summed E-state index contributed by atoms with van der Waals surface area (Å²) in [7, 11) is -1.26. The van der Waals surface area contributed by atoms with Crippen LogP contribution in [0.3, 0.4) is 0 Å². The lowest BCUT2D eigenvalue weighted by Crippen LogP contribution is -2.57. The van der Waals surface area contributed by atoms with Gasteiger partial charge in [0.25, 0.3) is 0 Å². The number of hydrogen-bond donors (Lipinski definition) is 1. The van der Waals surface area contributed by atoms with Crippen LogP contribution < -0.4 is 5.32 Å². The van der Waals surface area contributed by atoms with Gasteiger partial charge in [0.05, 0.1) is 23.7 Å². The number of rotatable bonds is 5. The molecular formula is C16H33IN4O3S. The van der Waals surface area contributed by atoms with Crippen LogP contribution in [-0.2, 0) is 14.6 Å². The van der Waals surface area contributed by atoms with Crippen LogP contribution in [0.15, 0.2) is 4.99 Å². The summed E-state index contributed by atoms with van der Waals surface area (Å²) in [5.74, 6) is 1.00. The Bertz CT molecular complexity index is 533. The molecule has 2 aliphatic heterocycles. The first-order valence-electron chi connectivity index (χ1n) is 8.84. The molecule has 2 rings (SSSR count). The topological polar surface area (TPSA) is 74.2 Å². The summed E-state index contributed by atoms with van der Waals surface area (Å²) in [6.45, 7) is 10.3. The van der Waals surface area contributed by atoms with E-state index in [-0.39, 0.29) is 29.7 Å². The third-order valence-electron chi connectivity index (χ3n) is 4.84. The number of guanidine groups is 1. The monoisotopic (exact) mass is 488 g/mol. The standard InChI is InChI=1S/C16H32N4O3S.HI/c1-16(2)14-20(10-13-24(16,21)22)15(17-3)18-6-4-5-7-19-8-11-23-12-9-19;/h4-14H2,1-3H3,(H,17,18);1H. The van der Waals surface area contributed by atoms with Gasteiger partial charge in [0, 0.05) is 39.8 Å². The normalized spacial score (nSPS) is 23.8. The van der Waals surface area contributed by atoms with Crippen LogP contribution in [0.2, 0.25) is 0 Å². The van der Waals surface area contributed by atoms with Crippen LogP contribution in [0, 0.1) is 0 Å². The van der Waals surface area contributed by atoms with Crippen molar-refractivity contribution in [3.05, 3.63) is 0 Å². The third kappa shape index (κ3) is 6.51. The van der Waals surface area contributed by atoms with Gasteiger partial charge in [0.2, 0.25) is 0 Å². The van der Waals surface area contributed by atoms with Gasteiger partial charge in [-0.2, -0.15) is 0 Å². The lowest BCUT2D eigenvalue weighted by Gasteiger charge is -2.39. The molecule has 0 radical (unpaired) electrons. The molecule has 7 nitrogen and oxygen atoms in total. The van der Waals surface area contributed by atoms with E-state index in [1.807, 2.05) is 0 Å². The molecule has 0 amide bonds. The molecule has 0 aromatic rings. The van der Waals surface area contributed by atoms with Crippen molar-refractivity contribution in [2.45, 2.75) is 31.4 Å². The third-order valence-corrected chi connectivity index (χ3v) is 7.38. The van der Waals surface area contributed by atoms with Gasteiger partial charge in [-0.15, -0.1) is 24.0 Å². The maximum atomic E-state index is 12.1. The van der Waals surface area contributed by atoms with Gasteiger partial charge in [0.15, 0.2) is 15.8 Å². The minimum absolute atomic E-state index is 0. The van der Waals surface area contributed by atoms with E-state index in [1.165, 1.54) is 0 Å². The van der Waals surface area contributed by atoms with Gasteiger partial charge in [-0.25, -0.2) is 8.42 Å². The van der Waals surface area contributed by atoms with Crippen molar-refractivity contribution >= 4 is 39.8 Å². The second-order valence-electron chi connectivity index (χ2n) is 7.14. The molecule has 0 saturated carbocycles. The minimum Gasteiger partial charge on any atom is -0.379 e. The van der Waals surface area contributed by atoms with Crippen molar-refractivity contribution in [3.63, 3.8) is 0 Å². The van der Waals surface area contributed by atoms with Gasteiger partial charge in [-0.1, -0.05) is 0 Å². The SMILES string of the molecule is CN=C(NCCCCN1CCOCC1)N1CCS(=O)(=O)C(C)(C)C1.I. The summed E-state index contributed by atoms with van der Waals surface area (Å²) < 4.78 is 28.8. The average molecular weight is 488 g/mol. The van der Waals surface area contributed by atoms with Gasteiger partial charge in [0.1, 0.15) is 0 Å². The quantitative estimate of drug-likeness (QED) is 0.267. The van der Waals surface area contributed by atoms with E-state index in [9.17, 15) is 8.42 Å². The first kappa shape index (κ1) is 22.9. The zero-order valence-electron chi connectivity index (χ0n) is 15.7. The molecule has 0 atom stereocenters. The van der Waals surface area contributed by atoms with E-state index >= 15 is 0 Å². The van der Waals surface area contributed by atoms with Gasteiger partial charge in [-0.05, 0) is 33.2 Å². The highest BCUT2D eigenvalue weighted by Gasteiger charge is 2.40. The van der Waals surface area contributed by atoms with Gasteiger partial charge < -0.3 is 15.0 Å². The molecule has 0 aromatic heterocycles. The lowest BCUT2D eigenvalue weighted by molar-refractivity contribution is 0.0372. The van der Waals surface area contributed by atoms with E-state index in [2.05, 4.69) is 20.1 Å². The maximum absolute atomic E-state index is 12.1. The van der Waals surface area contributed by atoms with Gasteiger partial charge in [-0.3, -0.25) is 9.89 Å². The first-order chi connectivity index (χ1) is 11.4. The van der Waals surface area contributed by atoms with E-state index < -0.39 is 14.6 Å². The molecule has 1 N–H and O–H groups in total. The Morgan fingerprint density at radius 3 is 2.48 bits per heavy atom. The second kappa shape index (κ2) is 10.3. The highest BCUT2D eigenvalue weighted by atomic mass is 127. The summed E-state index contributed by atoms with van der Waals surface area (Å²) in [4.78, 5) is 8.82. The Balaban J connectivity index is 0.00000312. The summed E-state index contributed by atoms with van der Waals surface area (Å²) in [6, 6.07) is 0. The van der Waals surface area contributed by atoms with Gasteiger partial charge >= 0.3 is 0 Å². The summed E-state index contributed by atoms with van der Waals surface area (Å²) in [5, 5.41) is 3.38. The van der Waals surface area contributed by atoms with Crippen LogP contribution in [0.25, 0.3) is 0 Å². The zero-order valence-corrected chi connectivity index (χ0v) is 18.8. The Morgan fingerprint density at radius 2 is 1.88 bits per heavy atom. The number of unbranched alkanes of at least 4 members (excludes halogenated alkanes) is 1. The van der Waals surface area contributed by atoms with E-state index in [0.717, 1.165) is 58.2 Å². The fourth-order valence-corrected chi connectivity index (χ4v) is 4.51. The smallest absolute Gasteiger partial charge is 0.193 e. The summed E-state index contributed by atoms with van der Waals surface area (Å²) >= 11 is 0. The molecule has 9 heteroatoms. The maximum Gasteiger partial charge on any atom is 0.193 e. The molecule has 0 spiro atoms. The molecular weight excluding hydrogens is 455 g/mol. The molecule has 0 bridgehead atoms. The predicted octanol–water partition coefficient (Wildman–Crippen LogP) is 0.801. The highest BCUT2D eigenvalue weighted by molar-refractivity contribution is 14.0. The van der Waals surface area contributed by atoms with Crippen LogP contribution >= 0.6 is 24.0 Å². The number of morpholine rings is 1. The zero-order chi connectivity index (χ0) is 17.6. The van der Waals surface area contributed by atoms with Crippen LogP contribution in [0.5, 0.6) is 0 Å². The second-order valence-corrected chi connectivity index (χ2v) is 9.88. The Morgan fingerprint density at radius 1 is 1.20 bits per heavy atom. The number of nitrogens with zero attached hydrogens (tertiary/aromatic N) is 3. The molecule has 0 aliphatic carbocycles. The van der Waals surface area contributed by atoms with E-state index in [1.54, 1.807) is 20.9 Å². The lowest BCUT2D eigenvalue weighted by atomic mass is 10.2. The fraction of sp³-hybridized carbons (Fsp3) is 0.938. The van der Waals surface area contributed by atoms with Crippen LogP contribution in [0.4, 0.5) is 0 Å². The fourth-order valence-electron chi connectivity index (χ4n) is 3.14. The number of halogens is 1. The Labute approximate surface area is 169 Å². The van der Waals surface area contributed by atoms with E-state index in [0.29, 0.717) is 13.1 Å². The molecule has 2 aliphatic rings. The van der Waals surface area contributed by atoms with Crippen molar-refractivity contribution in [2.24, 2.45) is 4.99 Å². The largest absolute Gasteiger partial charge is 0.379 e. The number of ether oxygens (including phenoxy) is 1. The number of aliphatic imine (C=N–C) groups is 1. The number of nitrogens with one attached hydrogen (secondary N) is 1. The Kier molecular flexibility index (Phi) is 9.41. The number of hydrogen-bond acceptors (Lipinski definition) is 5. The van der Waals surface area contributed by atoms with Crippen molar-refractivity contribution in [2.75, 3.05) is 65.3 Å². The molecule has 25 heavy (non-hydrogen) atoms. The van der Waals surface area contributed by atoms with Crippen molar-refractivity contribution in [1.29, 1.82) is 0 Å². The predicted molar refractivity (Wildman–Crippen MR) is 113 cm³/mol. The summed E-state index contributed by atoms with van der Waals surface area (Å²) in [6.07, 6.45) is 2.22. The molecule has 0 aromatic carbocycles. The molecule has 2 heterocycles.